The van der Waals surface area contributed by atoms with Gasteiger partial charge in [-0.1, -0.05) is 6.07 Å². The van der Waals surface area contributed by atoms with Gasteiger partial charge in [-0.05, 0) is 45.2 Å². The molecule has 2 aromatic rings. The number of aromatic nitrogens is 3. The van der Waals surface area contributed by atoms with Crippen molar-refractivity contribution in [2.45, 2.75) is 46.7 Å². The van der Waals surface area contributed by atoms with Crippen LogP contribution >= 0.6 is 0 Å². The van der Waals surface area contributed by atoms with Crippen LogP contribution in [0, 0.1) is 27.7 Å². The molecule has 3 heterocycles. The molecule has 0 aliphatic carbocycles. The second-order valence-electron chi connectivity index (χ2n) is 7.03. The predicted molar refractivity (Wildman–Crippen MR) is 101 cm³/mol. The highest BCUT2D eigenvalue weighted by molar-refractivity contribution is 5.89. The molecular formula is C19H26N6O. The smallest absolute Gasteiger partial charge is 0.286 e. The third kappa shape index (κ3) is 3.83. The molecule has 0 saturated carbocycles. The van der Waals surface area contributed by atoms with Crippen molar-refractivity contribution in [3.8, 4) is 0 Å². The number of aryl methyl sites for hydroxylation is 3. The number of nitrogens with two attached hydrogens (primary N) is 1. The van der Waals surface area contributed by atoms with E-state index in [1.165, 1.54) is 11.1 Å². The summed E-state index contributed by atoms with van der Waals surface area (Å²) in [4.78, 5) is 26.8. The van der Waals surface area contributed by atoms with Crippen molar-refractivity contribution in [2.24, 2.45) is 5.73 Å². The maximum Gasteiger partial charge on any atom is 0.286 e. The summed E-state index contributed by atoms with van der Waals surface area (Å²) < 4.78 is 0. The Kier molecular flexibility index (Phi) is 5.18. The Morgan fingerprint density at radius 3 is 2.77 bits per heavy atom. The Bertz CT molecular complexity index is 835. The summed E-state index contributed by atoms with van der Waals surface area (Å²) in [5, 5.41) is 3.59. The van der Waals surface area contributed by atoms with Crippen LogP contribution in [0.4, 0.5) is 5.82 Å². The van der Waals surface area contributed by atoms with Crippen molar-refractivity contribution in [2.75, 3.05) is 18.0 Å². The molecule has 3 N–H and O–H groups in total. The van der Waals surface area contributed by atoms with Crippen molar-refractivity contribution < 1.29 is 4.79 Å². The minimum Gasteiger partial charge on any atom is -0.363 e. The molecule has 1 atom stereocenters. The molecule has 0 radical (unpaired) electrons. The first-order valence-corrected chi connectivity index (χ1v) is 8.90. The van der Waals surface area contributed by atoms with Gasteiger partial charge in [-0.2, -0.15) is 0 Å². The number of carbonyl (C=O) groups excluding carboxylic acids is 1. The van der Waals surface area contributed by atoms with E-state index in [-0.39, 0.29) is 5.82 Å². The summed E-state index contributed by atoms with van der Waals surface area (Å²) in [6, 6.07) is 2.51. The van der Waals surface area contributed by atoms with E-state index in [0.717, 1.165) is 48.8 Å². The molecule has 0 aromatic carbocycles. The molecule has 0 bridgehead atoms. The molecule has 1 aliphatic heterocycles. The van der Waals surface area contributed by atoms with Crippen molar-refractivity contribution in [3.05, 3.63) is 46.2 Å². The summed E-state index contributed by atoms with van der Waals surface area (Å²) in [5.74, 6) is 0.295. The molecule has 7 heteroatoms. The molecule has 138 valence electrons. The van der Waals surface area contributed by atoms with Gasteiger partial charge in [0, 0.05) is 43.1 Å². The van der Waals surface area contributed by atoms with Crippen LogP contribution in [-0.2, 0) is 6.54 Å². The van der Waals surface area contributed by atoms with Crippen LogP contribution in [0.2, 0.25) is 0 Å². The van der Waals surface area contributed by atoms with Gasteiger partial charge >= 0.3 is 0 Å². The van der Waals surface area contributed by atoms with Gasteiger partial charge in [-0.3, -0.25) is 9.78 Å². The molecule has 26 heavy (non-hydrogen) atoms. The molecule has 1 amide bonds. The van der Waals surface area contributed by atoms with Crippen LogP contribution in [0.15, 0.2) is 12.3 Å². The highest BCUT2D eigenvalue weighted by Crippen LogP contribution is 2.24. The lowest BCUT2D eigenvalue weighted by Gasteiger charge is -2.21. The minimum absolute atomic E-state index is 0.0824. The average molecular weight is 354 g/mol. The number of primary amides is 1. The van der Waals surface area contributed by atoms with E-state index in [9.17, 15) is 4.79 Å². The van der Waals surface area contributed by atoms with Gasteiger partial charge in [0.25, 0.3) is 5.91 Å². The molecule has 3 rings (SSSR count). The Hall–Kier alpha value is -2.54. The quantitative estimate of drug-likeness (QED) is 0.846. The summed E-state index contributed by atoms with van der Waals surface area (Å²) in [6.07, 6.45) is 2.92. The predicted octanol–water partition coefficient (Wildman–Crippen LogP) is 1.57. The largest absolute Gasteiger partial charge is 0.363 e. The maximum atomic E-state index is 11.5. The van der Waals surface area contributed by atoms with E-state index < -0.39 is 5.91 Å². The fourth-order valence-electron chi connectivity index (χ4n) is 3.32. The van der Waals surface area contributed by atoms with Gasteiger partial charge in [0.1, 0.15) is 5.82 Å². The van der Waals surface area contributed by atoms with Crippen LogP contribution in [0.25, 0.3) is 0 Å². The first kappa shape index (κ1) is 18.3. The minimum atomic E-state index is -0.593. The van der Waals surface area contributed by atoms with Crippen LogP contribution in [0.1, 0.15) is 45.1 Å². The van der Waals surface area contributed by atoms with Gasteiger partial charge in [0.05, 0.1) is 5.69 Å². The van der Waals surface area contributed by atoms with E-state index in [2.05, 4.69) is 45.1 Å². The molecule has 7 nitrogen and oxygen atoms in total. The lowest BCUT2D eigenvalue weighted by atomic mass is 10.1. The normalized spacial score (nSPS) is 16.9. The van der Waals surface area contributed by atoms with Gasteiger partial charge in [0.2, 0.25) is 5.82 Å². The molecule has 0 unspecified atom stereocenters. The van der Waals surface area contributed by atoms with Crippen LogP contribution in [0.5, 0.6) is 0 Å². The number of nitrogens with one attached hydrogen (secondary N) is 1. The van der Waals surface area contributed by atoms with E-state index >= 15 is 0 Å². The number of hydrogen-bond acceptors (Lipinski definition) is 6. The number of rotatable bonds is 5. The van der Waals surface area contributed by atoms with Crippen molar-refractivity contribution in [1.82, 2.24) is 20.3 Å². The standard InChI is InChI=1S/C19H26N6O/c1-11-7-12(2)16(22-8-11)9-21-15-5-6-25(10-15)19-13(3)14(4)23-18(24-19)17(20)26/h7-8,15,21H,5-6,9-10H2,1-4H3,(H2,20,26)/t15-/m1/s1. The van der Waals surface area contributed by atoms with E-state index in [1.807, 2.05) is 20.0 Å². The monoisotopic (exact) mass is 354 g/mol. The number of anilines is 1. The van der Waals surface area contributed by atoms with E-state index in [4.69, 9.17) is 5.73 Å². The van der Waals surface area contributed by atoms with Gasteiger partial charge in [-0.15, -0.1) is 0 Å². The summed E-state index contributed by atoms with van der Waals surface area (Å²) in [6.45, 7) is 10.5. The van der Waals surface area contributed by atoms with Crippen LogP contribution in [0.3, 0.4) is 0 Å². The Labute approximate surface area is 154 Å². The third-order valence-corrected chi connectivity index (χ3v) is 4.95. The third-order valence-electron chi connectivity index (χ3n) is 4.95. The fourth-order valence-corrected chi connectivity index (χ4v) is 3.32. The van der Waals surface area contributed by atoms with Crippen molar-refractivity contribution in [3.63, 3.8) is 0 Å². The van der Waals surface area contributed by atoms with Crippen molar-refractivity contribution >= 4 is 11.7 Å². The second-order valence-corrected chi connectivity index (χ2v) is 7.03. The number of nitrogens with zero attached hydrogens (tertiary/aromatic N) is 4. The Morgan fingerprint density at radius 2 is 2.08 bits per heavy atom. The topological polar surface area (TPSA) is 97.0 Å². The summed E-state index contributed by atoms with van der Waals surface area (Å²) in [5.41, 5.74) is 10.6. The number of pyridine rings is 1. The second kappa shape index (κ2) is 7.37. The first-order chi connectivity index (χ1) is 12.3. The number of carbonyl (C=O) groups is 1. The molecule has 1 fully saturated rings. The molecular weight excluding hydrogens is 328 g/mol. The summed E-state index contributed by atoms with van der Waals surface area (Å²) in [7, 11) is 0. The van der Waals surface area contributed by atoms with Gasteiger partial charge in [0.15, 0.2) is 0 Å². The Balaban J connectivity index is 1.68. The average Bonchev–Trinajstić information content (AvgIpc) is 3.05. The summed E-state index contributed by atoms with van der Waals surface area (Å²) >= 11 is 0. The molecule has 1 saturated heterocycles. The fraction of sp³-hybridized carbons (Fsp3) is 0.474. The zero-order chi connectivity index (χ0) is 18.8. The maximum absolute atomic E-state index is 11.5. The Morgan fingerprint density at radius 1 is 1.31 bits per heavy atom. The molecule has 1 aliphatic rings. The SMILES string of the molecule is Cc1cnc(CN[C@@H]2CCN(c3nc(C(N)=O)nc(C)c3C)C2)c(C)c1. The zero-order valence-electron chi connectivity index (χ0n) is 15.8. The van der Waals surface area contributed by atoms with Gasteiger partial charge < -0.3 is 16.0 Å². The molecule has 0 spiro atoms. The molecule has 2 aromatic heterocycles. The highest BCUT2D eigenvalue weighted by Gasteiger charge is 2.26. The first-order valence-electron chi connectivity index (χ1n) is 8.90. The zero-order valence-corrected chi connectivity index (χ0v) is 15.8. The van der Waals surface area contributed by atoms with E-state index in [0.29, 0.717) is 6.04 Å². The lowest BCUT2D eigenvalue weighted by Crippen LogP contribution is -2.33. The van der Waals surface area contributed by atoms with Gasteiger partial charge in [-0.25, -0.2) is 9.97 Å². The highest BCUT2D eigenvalue weighted by atomic mass is 16.1. The van der Waals surface area contributed by atoms with Crippen LogP contribution < -0.4 is 16.0 Å². The van der Waals surface area contributed by atoms with E-state index in [1.54, 1.807) is 0 Å². The number of hydrogen-bond donors (Lipinski definition) is 2. The van der Waals surface area contributed by atoms with Crippen molar-refractivity contribution in [1.29, 1.82) is 0 Å². The van der Waals surface area contributed by atoms with Crippen LogP contribution in [-0.4, -0.2) is 40.0 Å². The number of amides is 1. The lowest BCUT2D eigenvalue weighted by molar-refractivity contribution is 0.0990.